The molecule has 0 unspecified atom stereocenters. The normalized spacial score (nSPS) is 11.4. The third-order valence-electron chi connectivity index (χ3n) is 4.60. The van der Waals surface area contributed by atoms with E-state index in [1.807, 2.05) is 0 Å². The third kappa shape index (κ3) is 3.73. The molecule has 0 saturated heterocycles. The number of benzene rings is 3. The molecule has 0 aliphatic rings. The van der Waals surface area contributed by atoms with Crippen LogP contribution in [0.4, 0.5) is 11.4 Å². The Morgan fingerprint density at radius 3 is 2.43 bits per heavy atom. The number of nitrogens with zero attached hydrogens (tertiary/aromatic N) is 1. The van der Waals surface area contributed by atoms with Crippen LogP contribution in [0.25, 0.3) is 10.9 Å². The summed E-state index contributed by atoms with van der Waals surface area (Å²) in [6.45, 7) is 0. The molecule has 0 spiro atoms. The van der Waals surface area contributed by atoms with E-state index in [2.05, 4.69) is 5.32 Å². The van der Waals surface area contributed by atoms with Gasteiger partial charge >= 0.3 is 0 Å². The Morgan fingerprint density at radius 1 is 1.00 bits per heavy atom. The maximum absolute atomic E-state index is 13.1. The topological polar surface area (TPSA) is 103 Å². The molecule has 0 saturated carbocycles. The van der Waals surface area contributed by atoms with Crippen molar-refractivity contribution in [3.8, 4) is 5.75 Å². The van der Waals surface area contributed by atoms with Crippen molar-refractivity contribution in [1.29, 1.82) is 0 Å². The van der Waals surface area contributed by atoms with Crippen LogP contribution in [0.3, 0.4) is 0 Å². The fourth-order valence-corrected chi connectivity index (χ4v) is 4.68. The highest BCUT2D eigenvalue weighted by molar-refractivity contribution is 14.1. The molecule has 30 heavy (non-hydrogen) atoms. The van der Waals surface area contributed by atoms with Crippen LogP contribution in [0.15, 0.2) is 83.9 Å². The van der Waals surface area contributed by atoms with Gasteiger partial charge in [-0.1, -0.05) is 12.1 Å². The predicted molar refractivity (Wildman–Crippen MR) is 124 cm³/mol. The fourth-order valence-electron chi connectivity index (χ4n) is 3.05. The molecule has 4 rings (SSSR count). The van der Waals surface area contributed by atoms with E-state index in [4.69, 9.17) is 8.80 Å². The van der Waals surface area contributed by atoms with Crippen LogP contribution in [-0.2, 0) is 10.0 Å². The number of nitrogen functional groups attached to an aromatic ring is 1. The van der Waals surface area contributed by atoms with Crippen molar-refractivity contribution in [1.82, 2.24) is 3.97 Å². The molecule has 7 nitrogen and oxygen atoms in total. The number of carbonyl (C=O) groups excluding carboxylic acids is 1. The fraction of sp³-hybridized carbons (Fsp3) is 0. The van der Waals surface area contributed by atoms with Gasteiger partial charge in [-0.15, -0.1) is 0 Å². The number of aromatic nitrogens is 1. The van der Waals surface area contributed by atoms with Crippen molar-refractivity contribution < 1.29 is 16.3 Å². The molecular formula is C21H16IN3O4S. The molecule has 3 N–H and O–H groups in total. The van der Waals surface area contributed by atoms with E-state index in [1.165, 1.54) is 34.4 Å². The lowest BCUT2D eigenvalue weighted by Crippen LogP contribution is -2.14. The average molecular weight is 533 g/mol. The number of rotatable bonds is 5. The highest BCUT2D eigenvalue weighted by Gasteiger charge is 2.20. The monoisotopic (exact) mass is 533 g/mol. The van der Waals surface area contributed by atoms with Gasteiger partial charge in [-0.2, -0.15) is 0 Å². The lowest BCUT2D eigenvalue weighted by atomic mass is 10.2. The van der Waals surface area contributed by atoms with Gasteiger partial charge in [0, 0.05) is 17.1 Å². The highest BCUT2D eigenvalue weighted by Crippen LogP contribution is 2.27. The molecule has 0 aliphatic carbocycles. The van der Waals surface area contributed by atoms with Gasteiger partial charge in [0.05, 0.1) is 21.8 Å². The Kier molecular flexibility index (Phi) is 5.39. The third-order valence-corrected chi connectivity index (χ3v) is 6.81. The summed E-state index contributed by atoms with van der Waals surface area (Å²) in [6.07, 6.45) is 1.50. The molecule has 0 atom stereocenters. The summed E-state index contributed by atoms with van der Waals surface area (Å²) in [4.78, 5) is 12.5. The van der Waals surface area contributed by atoms with Gasteiger partial charge in [0.1, 0.15) is 5.75 Å². The number of halogens is 1. The van der Waals surface area contributed by atoms with Crippen molar-refractivity contribution in [2.24, 2.45) is 0 Å². The number of hydrogen-bond donors (Lipinski definition) is 2. The first-order chi connectivity index (χ1) is 14.4. The van der Waals surface area contributed by atoms with Crippen LogP contribution < -0.4 is 14.1 Å². The van der Waals surface area contributed by atoms with Crippen LogP contribution in [0.1, 0.15) is 10.4 Å². The van der Waals surface area contributed by atoms with Gasteiger partial charge in [-0.05, 0) is 60.7 Å². The number of anilines is 2. The molecule has 1 amide bonds. The maximum atomic E-state index is 13.1. The zero-order chi connectivity index (χ0) is 21.3. The largest absolute Gasteiger partial charge is 0.428 e. The van der Waals surface area contributed by atoms with E-state index in [0.717, 1.165) is 5.39 Å². The van der Waals surface area contributed by atoms with Crippen LogP contribution in [0.5, 0.6) is 5.75 Å². The molecule has 1 aromatic heterocycles. The maximum Gasteiger partial charge on any atom is 0.268 e. The molecule has 0 fully saturated rings. The summed E-state index contributed by atoms with van der Waals surface area (Å²) >= 11 is 1.77. The minimum atomic E-state index is -3.83. The molecule has 0 radical (unpaired) electrons. The first kappa shape index (κ1) is 20.2. The zero-order valence-electron chi connectivity index (χ0n) is 15.4. The minimum Gasteiger partial charge on any atom is -0.428 e. The molecule has 3 aromatic carbocycles. The van der Waals surface area contributed by atoms with E-state index >= 15 is 0 Å². The lowest BCUT2D eigenvalue weighted by Gasteiger charge is -2.10. The van der Waals surface area contributed by atoms with E-state index in [0.29, 0.717) is 28.2 Å². The molecule has 152 valence electrons. The molecule has 0 aliphatic heterocycles. The first-order valence-corrected chi connectivity index (χ1v) is 11.1. The smallest absolute Gasteiger partial charge is 0.268 e. The second kappa shape index (κ2) is 8.00. The average Bonchev–Trinajstić information content (AvgIpc) is 3.19. The van der Waals surface area contributed by atoms with Crippen LogP contribution in [0.2, 0.25) is 0 Å². The molecule has 0 bridgehead atoms. The van der Waals surface area contributed by atoms with Gasteiger partial charge < -0.3 is 14.1 Å². The van der Waals surface area contributed by atoms with E-state index in [9.17, 15) is 13.2 Å². The van der Waals surface area contributed by atoms with Crippen molar-refractivity contribution in [2.75, 3.05) is 11.1 Å². The minimum absolute atomic E-state index is 0.0741. The Morgan fingerprint density at radius 2 is 1.73 bits per heavy atom. The van der Waals surface area contributed by atoms with Crippen LogP contribution >= 0.6 is 23.0 Å². The Bertz CT molecular complexity index is 1350. The SMILES string of the molecule is Nc1ccccc1NC(=O)c1ccc(S(=O)(=O)n2ccc3cc(OI)ccc32)cc1. The highest BCUT2D eigenvalue weighted by atomic mass is 127. The quantitative estimate of drug-likeness (QED) is 0.292. The van der Waals surface area contributed by atoms with Crippen molar-refractivity contribution in [3.05, 3.63) is 84.6 Å². The summed E-state index contributed by atoms with van der Waals surface area (Å²) in [5, 5.41) is 3.46. The van der Waals surface area contributed by atoms with Crippen molar-refractivity contribution in [2.45, 2.75) is 4.90 Å². The Labute approximate surface area is 187 Å². The van der Waals surface area contributed by atoms with Crippen molar-refractivity contribution >= 4 is 61.2 Å². The van der Waals surface area contributed by atoms with Gasteiger partial charge in [-0.25, -0.2) is 12.4 Å². The summed E-state index contributed by atoms with van der Waals surface area (Å²) in [5.74, 6) is 0.252. The van der Waals surface area contributed by atoms with Gasteiger partial charge in [0.2, 0.25) is 0 Å². The number of nitrogens with one attached hydrogen (secondary N) is 1. The van der Waals surface area contributed by atoms with E-state index < -0.39 is 10.0 Å². The van der Waals surface area contributed by atoms with Crippen molar-refractivity contribution in [3.63, 3.8) is 0 Å². The summed E-state index contributed by atoms with van der Waals surface area (Å²) in [6, 6.07) is 19.5. The molecule has 1 heterocycles. The summed E-state index contributed by atoms with van der Waals surface area (Å²) in [5.41, 5.74) is 7.63. The van der Waals surface area contributed by atoms with Gasteiger partial charge in [0.25, 0.3) is 15.9 Å². The molecule has 9 heteroatoms. The number of nitrogens with two attached hydrogens (primary N) is 1. The molecular weight excluding hydrogens is 517 g/mol. The number of amides is 1. The Hall–Kier alpha value is -3.05. The number of para-hydroxylation sites is 2. The molecule has 4 aromatic rings. The van der Waals surface area contributed by atoms with Gasteiger partial charge in [0.15, 0.2) is 23.0 Å². The van der Waals surface area contributed by atoms with Gasteiger partial charge in [-0.3, -0.25) is 4.79 Å². The second-order valence-electron chi connectivity index (χ2n) is 6.48. The standard InChI is InChI=1S/C21H16IN3O4S/c22-29-16-7-10-20-15(13-16)11-12-25(20)30(27,28)17-8-5-14(6-9-17)21(26)24-19-4-2-1-3-18(19)23/h1-13H,23H2,(H,24,26). The van der Waals surface area contributed by atoms with E-state index in [1.54, 1.807) is 71.5 Å². The van der Waals surface area contributed by atoms with Crippen LogP contribution in [-0.4, -0.2) is 18.3 Å². The predicted octanol–water partition coefficient (Wildman–Crippen LogP) is 4.44. The second-order valence-corrected chi connectivity index (χ2v) is 8.74. The van der Waals surface area contributed by atoms with Crippen LogP contribution in [0, 0.1) is 0 Å². The number of carbonyl (C=O) groups is 1. The number of fused-ring (bicyclic) bond motifs is 1. The zero-order valence-corrected chi connectivity index (χ0v) is 18.4. The lowest BCUT2D eigenvalue weighted by molar-refractivity contribution is 0.102. The Balaban J connectivity index is 1.62. The number of hydrogen-bond acceptors (Lipinski definition) is 5. The van der Waals surface area contributed by atoms with E-state index in [-0.39, 0.29) is 10.8 Å². The summed E-state index contributed by atoms with van der Waals surface area (Å²) in [7, 11) is -3.83. The first-order valence-electron chi connectivity index (χ1n) is 8.81. The summed E-state index contributed by atoms with van der Waals surface area (Å²) < 4.78 is 32.5.